The Bertz CT molecular complexity index is 772. The molecule has 7 heteroatoms. The second kappa shape index (κ2) is 8.92. The Labute approximate surface area is 162 Å². The molecule has 2 aromatic rings. The Morgan fingerprint density at radius 1 is 1.08 bits per heavy atom. The number of rotatable bonds is 6. The number of benzene rings is 2. The molecule has 0 aromatic heterocycles. The van der Waals surface area contributed by atoms with Crippen molar-refractivity contribution in [3.8, 4) is 0 Å². The standard InChI is InChI=1S/C19H20Cl2N2O3/c1-11(2)26-19(25)16(10-12-6-8-13(22)9-7-12)23-18(24)17-14(20)4-3-5-15(17)21/h3-9,11,16H,10,22H2,1-2H3,(H,23,24)/t16-/m0/s1. The van der Waals surface area contributed by atoms with Gasteiger partial charge < -0.3 is 15.8 Å². The van der Waals surface area contributed by atoms with Crippen LogP contribution in [0.2, 0.25) is 10.0 Å². The lowest BCUT2D eigenvalue weighted by Crippen LogP contribution is -2.44. The number of hydrogen-bond donors (Lipinski definition) is 2. The number of carbonyl (C=O) groups excluding carboxylic acids is 2. The molecule has 0 saturated heterocycles. The second-order valence-electron chi connectivity index (χ2n) is 6.05. The normalized spacial score (nSPS) is 11.9. The van der Waals surface area contributed by atoms with Crippen LogP contribution in [0.15, 0.2) is 42.5 Å². The van der Waals surface area contributed by atoms with E-state index in [4.69, 9.17) is 33.7 Å². The smallest absolute Gasteiger partial charge is 0.329 e. The Kier molecular flexibility index (Phi) is 6.89. The summed E-state index contributed by atoms with van der Waals surface area (Å²) in [4.78, 5) is 25.1. The zero-order valence-corrected chi connectivity index (χ0v) is 16.0. The summed E-state index contributed by atoms with van der Waals surface area (Å²) in [5, 5.41) is 3.08. The molecule has 0 bridgehead atoms. The lowest BCUT2D eigenvalue weighted by Gasteiger charge is -2.20. The molecular formula is C19H20Cl2N2O3. The molecule has 0 aliphatic heterocycles. The van der Waals surface area contributed by atoms with Crippen LogP contribution in [-0.2, 0) is 16.0 Å². The van der Waals surface area contributed by atoms with Gasteiger partial charge in [0.15, 0.2) is 0 Å². The average molecular weight is 395 g/mol. The van der Waals surface area contributed by atoms with E-state index in [9.17, 15) is 9.59 Å². The number of nitrogens with one attached hydrogen (secondary N) is 1. The predicted octanol–water partition coefficient (Wildman–Crippen LogP) is 3.87. The number of nitrogens with two attached hydrogens (primary N) is 1. The molecule has 0 saturated carbocycles. The van der Waals surface area contributed by atoms with Gasteiger partial charge in [0.1, 0.15) is 6.04 Å². The van der Waals surface area contributed by atoms with E-state index >= 15 is 0 Å². The van der Waals surface area contributed by atoms with E-state index in [1.165, 1.54) is 0 Å². The average Bonchev–Trinajstić information content (AvgIpc) is 2.55. The third-order valence-corrected chi connectivity index (χ3v) is 4.18. The highest BCUT2D eigenvalue weighted by molar-refractivity contribution is 6.39. The van der Waals surface area contributed by atoms with Gasteiger partial charge in [-0.2, -0.15) is 0 Å². The van der Waals surface area contributed by atoms with Crippen LogP contribution in [0.25, 0.3) is 0 Å². The van der Waals surface area contributed by atoms with Gasteiger partial charge in [-0.25, -0.2) is 4.79 Å². The van der Waals surface area contributed by atoms with Gasteiger partial charge in [0.25, 0.3) is 5.91 Å². The summed E-state index contributed by atoms with van der Waals surface area (Å²) in [6.07, 6.45) is -0.0585. The summed E-state index contributed by atoms with van der Waals surface area (Å²) >= 11 is 12.1. The van der Waals surface area contributed by atoms with Crippen LogP contribution in [0.5, 0.6) is 0 Å². The van der Waals surface area contributed by atoms with Gasteiger partial charge in [-0.1, -0.05) is 41.4 Å². The van der Waals surface area contributed by atoms with Crippen molar-refractivity contribution in [2.45, 2.75) is 32.4 Å². The zero-order chi connectivity index (χ0) is 19.3. The minimum absolute atomic E-state index is 0.121. The highest BCUT2D eigenvalue weighted by atomic mass is 35.5. The van der Waals surface area contributed by atoms with Crippen LogP contribution in [0, 0.1) is 0 Å². The Hall–Kier alpha value is -2.24. The number of anilines is 1. The first kappa shape index (κ1) is 20.1. The molecule has 0 spiro atoms. The third kappa shape index (κ3) is 5.38. The molecule has 138 valence electrons. The number of hydrogen-bond acceptors (Lipinski definition) is 4. The molecule has 0 aliphatic carbocycles. The third-order valence-electron chi connectivity index (χ3n) is 3.55. The molecule has 1 atom stereocenters. The SMILES string of the molecule is CC(C)OC(=O)[C@H](Cc1ccc(N)cc1)NC(=O)c1c(Cl)cccc1Cl. The van der Waals surface area contributed by atoms with Crippen molar-refractivity contribution >= 4 is 40.8 Å². The topological polar surface area (TPSA) is 81.4 Å². The maximum absolute atomic E-state index is 12.6. The van der Waals surface area contributed by atoms with Crippen molar-refractivity contribution < 1.29 is 14.3 Å². The molecule has 0 radical (unpaired) electrons. The Morgan fingerprint density at radius 2 is 1.65 bits per heavy atom. The van der Waals surface area contributed by atoms with Gasteiger partial charge in [0.05, 0.1) is 21.7 Å². The summed E-state index contributed by atoms with van der Waals surface area (Å²) in [6.45, 7) is 3.48. The maximum Gasteiger partial charge on any atom is 0.329 e. The second-order valence-corrected chi connectivity index (χ2v) is 6.87. The number of carbonyl (C=O) groups is 2. The first-order chi connectivity index (χ1) is 12.3. The summed E-state index contributed by atoms with van der Waals surface area (Å²) in [7, 11) is 0. The van der Waals surface area contributed by atoms with Gasteiger partial charge in [-0.15, -0.1) is 0 Å². The van der Waals surface area contributed by atoms with Gasteiger partial charge in [-0.3, -0.25) is 4.79 Å². The number of ether oxygens (including phenoxy) is 1. The van der Waals surface area contributed by atoms with E-state index in [1.54, 1.807) is 56.3 Å². The largest absolute Gasteiger partial charge is 0.461 e. The predicted molar refractivity (Wildman–Crippen MR) is 104 cm³/mol. The van der Waals surface area contributed by atoms with Crippen molar-refractivity contribution in [1.29, 1.82) is 0 Å². The number of esters is 1. The minimum atomic E-state index is -0.888. The van der Waals surface area contributed by atoms with Crippen LogP contribution in [0.4, 0.5) is 5.69 Å². The van der Waals surface area contributed by atoms with E-state index in [-0.39, 0.29) is 28.1 Å². The monoisotopic (exact) mass is 394 g/mol. The molecule has 0 fully saturated rings. The lowest BCUT2D eigenvalue weighted by atomic mass is 10.0. The fourth-order valence-electron chi connectivity index (χ4n) is 2.34. The molecule has 0 unspecified atom stereocenters. The first-order valence-corrected chi connectivity index (χ1v) is 8.83. The fourth-order valence-corrected chi connectivity index (χ4v) is 2.91. The van der Waals surface area contributed by atoms with Gasteiger partial charge in [0, 0.05) is 12.1 Å². The van der Waals surface area contributed by atoms with Crippen LogP contribution in [0.1, 0.15) is 29.8 Å². The number of amides is 1. The minimum Gasteiger partial charge on any atom is -0.461 e. The summed E-state index contributed by atoms with van der Waals surface area (Å²) in [5.41, 5.74) is 7.25. The van der Waals surface area contributed by atoms with Crippen LogP contribution >= 0.6 is 23.2 Å². The van der Waals surface area contributed by atoms with E-state index in [2.05, 4.69) is 5.32 Å². The van der Waals surface area contributed by atoms with Crippen LogP contribution in [0.3, 0.4) is 0 Å². The highest BCUT2D eigenvalue weighted by Gasteiger charge is 2.26. The molecule has 5 nitrogen and oxygen atoms in total. The summed E-state index contributed by atoms with van der Waals surface area (Å²) < 4.78 is 5.26. The zero-order valence-electron chi connectivity index (χ0n) is 14.5. The van der Waals surface area contributed by atoms with Crippen molar-refractivity contribution in [1.82, 2.24) is 5.32 Å². The molecule has 2 rings (SSSR count). The van der Waals surface area contributed by atoms with Gasteiger partial charge in [-0.05, 0) is 43.7 Å². The van der Waals surface area contributed by atoms with Crippen molar-refractivity contribution in [3.05, 3.63) is 63.6 Å². The Balaban J connectivity index is 2.24. The first-order valence-electron chi connectivity index (χ1n) is 8.07. The van der Waals surface area contributed by atoms with Crippen LogP contribution < -0.4 is 11.1 Å². The Morgan fingerprint density at radius 3 is 2.19 bits per heavy atom. The molecule has 0 heterocycles. The van der Waals surface area contributed by atoms with E-state index in [1.807, 2.05) is 0 Å². The molecule has 0 aliphatic rings. The number of halogens is 2. The van der Waals surface area contributed by atoms with Crippen molar-refractivity contribution in [3.63, 3.8) is 0 Å². The molecule has 3 N–H and O–H groups in total. The quantitative estimate of drug-likeness (QED) is 0.575. The van der Waals surface area contributed by atoms with Crippen LogP contribution in [-0.4, -0.2) is 24.0 Å². The van der Waals surface area contributed by atoms with Gasteiger partial charge in [0.2, 0.25) is 0 Å². The molecule has 2 aromatic carbocycles. The number of nitrogen functional groups attached to an aromatic ring is 1. The molecule has 26 heavy (non-hydrogen) atoms. The molecular weight excluding hydrogens is 375 g/mol. The summed E-state index contributed by atoms with van der Waals surface area (Å²) in [6, 6.07) is 10.9. The van der Waals surface area contributed by atoms with E-state index in [0.717, 1.165) is 5.56 Å². The van der Waals surface area contributed by atoms with Gasteiger partial charge >= 0.3 is 5.97 Å². The van der Waals surface area contributed by atoms with E-state index in [0.29, 0.717) is 5.69 Å². The highest BCUT2D eigenvalue weighted by Crippen LogP contribution is 2.24. The maximum atomic E-state index is 12.6. The van der Waals surface area contributed by atoms with Crippen molar-refractivity contribution in [2.75, 3.05) is 5.73 Å². The van der Waals surface area contributed by atoms with E-state index < -0.39 is 17.9 Å². The summed E-state index contributed by atoms with van der Waals surface area (Å²) in [5.74, 6) is -1.07. The lowest BCUT2D eigenvalue weighted by molar-refractivity contribution is -0.149. The van der Waals surface area contributed by atoms with Crippen molar-refractivity contribution in [2.24, 2.45) is 0 Å². The fraction of sp³-hybridized carbons (Fsp3) is 0.263. The molecule has 1 amide bonds.